The molecule has 4 nitrogen and oxygen atoms in total. The first kappa shape index (κ1) is 18.0. The summed E-state index contributed by atoms with van der Waals surface area (Å²) in [6, 6.07) is 7.77. The van der Waals surface area contributed by atoms with Crippen LogP contribution >= 0.6 is 15.9 Å². The highest BCUT2D eigenvalue weighted by molar-refractivity contribution is 9.10. The van der Waals surface area contributed by atoms with Gasteiger partial charge in [0.25, 0.3) is 0 Å². The number of benzene rings is 1. The third kappa shape index (κ3) is 8.07. The molecule has 1 rings (SSSR count). The molecule has 0 aliphatic heterocycles. The van der Waals surface area contributed by atoms with Crippen LogP contribution in [-0.4, -0.2) is 25.8 Å². The maximum absolute atomic E-state index is 11.8. The molecule has 0 radical (unpaired) electrons. The minimum absolute atomic E-state index is 0.0182. The van der Waals surface area contributed by atoms with Crippen LogP contribution in [-0.2, 0) is 4.74 Å². The zero-order valence-electron chi connectivity index (χ0n) is 13.0. The normalized spacial score (nSPS) is 12.2. The van der Waals surface area contributed by atoms with Crippen molar-refractivity contribution in [2.45, 2.75) is 33.2 Å². The summed E-state index contributed by atoms with van der Waals surface area (Å²) in [5, 5.41) is 5.76. The minimum Gasteiger partial charge on any atom is -0.381 e. The zero-order valence-corrected chi connectivity index (χ0v) is 14.6. The Hall–Kier alpha value is -1.07. The number of amides is 2. The lowest BCUT2D eigenvalue weighted by molar-refractivity contribution is 0.108. The Bertz CT molecular complexity index is 421. The van der Waals surface area contributed by atoms with Crippen molar-refractivity contribution in [2.75, 3.05) is 19.8 Å². The summed E-state index contributed by atoms with van der Waals surface area (Å²) in [6.07, 6.45) is 0.826. The Labute approximate surface area is 135 Å². The molecule has 2 N–H and O–H groups in total. The Balaban J connectivity index is 2.17. The first-order valence-electron chi connectivity index (χ1n) is 7.36. The molecule has 21 heavy (non-hydrogen) atoms. The van der Waals surface area contributed by atoms with Crippen LogP contribution in [0.25, 0.3) is 0 Å². The van der Waals surface area contributed by atoms with Gasteiger partial charge in [-0.3, -0.25) is 0 Å². The van der Waals surface area contributed by atoms with Gasteiger partial charge in [0.05, 0.1) is 6.04 Å². The molecule has 1 aromatic carbocycles. The molecule has 118 valence electrons. The zero-order chi connectivity index (χ0) is 15.7. The van der Waals surface area contributed by atoms with Gasteiger partial charge in [0.1, 0.15) is 0 Å². The monoisotopic (exact) mass is 356 g/mol. The van der Waals surface area contributed by atoms with Crippen molar-refractivity contribution < 1.29 is 9.53 Å². The summed E-state index contributed by atoms with van der Waals surface area (Å²) in [7, 11) is 0. The van der Waals surface area contributed by atoms with Gasteiger partial charge in [-0.2, -0.15) is 0 Å². The molecule has 5 heteroatoms. The number of urea groups is 1. The van der Waals surface area contributed by atoms with E-state index >= 15 is 0 Å². The molecule has 0 saturated carbocycles. The molecule has 2 amide bonds. The molecule has 0 saturated heterocycles. The molecular weight excluding hydrogens is 332 g/mol. The van der Waals surface area contributed by atoms with Gasteiger partial charge >= 0.3 is 6.03 Å². The maximum Gasteiger partial charge on any atom is 0.315 e. The van der Waals surface area contributed by atoms with Gasteiger partial charge in [-0.1, -0.05) is 41.9 Å². The lowest BCUT2D eigenvalue weighted by atomic mass is 10.1. The van der Waals surface area contributed by atoms with Gasteiger partial charge in [-0.05, 0) is 37.0 Å². The maximum atomic E-state index is 11.8. The molecule has 0 fully saturated rings. The van der Waals surface area contributed by atoms with Crippen molar-refractivity contribution >= 4 is 22.0 Å². The van der Waals surface area contributed by atoms with Gasteiger partial charge in [0.2, 0.25) is 0 Å². The molecule has 0 heterocycles. The summed E-state index contributed by atoms with van der Waals surface area (Å²) in [6.45, 7) is 8.28. The average Bonchev–Trinajstić information content (AvgIpc) is 2.43. The third-order valence-electron chi connectivity index (χ3n) is 2.92. The SMILES string of the molecule is CC(C)COCCCNC(=O)NC(C)c1ccc(Br)cc1. The first-order valence-corrected chi connectivity index (χ1v) is 8.16. The van der Waals surface area contributed by atoms with Gasteiger partial charge in [-0.15, -0.1) is 0 Å². The van der Waals surface area contributed by atoms with Crippen molar-refractivity contribution in [1.29, 1.82) is 0 Å². The number of rotatable bonds is 8. The summed E-state index contributed by atoms with van der Waals surface area (Å²) in [4.78, 5) is 11.8. The largest absolute Gasteiger partial charge is 0.381 e. The van der Waals surface area contributed by atoms with Crippen LogP contribution in [0.3, 0.4) is 0 Å². The second kappa shape index (κ2) is 9.79. The molecule has 1 atom stereocenters. The number of carbonyl (C=O) groups is 1. The molecule has 0 aliphatic rings. The van der Waals surface area contributed by atoms with E-state index in [9.17, 15) is 4.79 Å². The quantitative estimate of drug-likeness (QED) is 0.694. The second-order valence-corrected chi connectivity index (χ2v) is 6.41. The Morgan fingerprint density at radius 2 is 1.90 bits per heavy atom. The number of hydrogen-bond acceptors (Lipinski definition) is 2. The Kier molecular flexibility index (Phi) is 8.38. The smallest absolute Gasteiger partial charge is 0.315 e. The van der Waals surface area contributed by atoms with Gasteiger partial charge in [0, 0.05) is 24.2 Å². The third-order valence-corrected chi connectivity index (χ3v) is 3.45. The number of ether oxygens (including phenoxy) is 1. The average molecular weight is 357 g/mol. The molecule has 0 aliphatic carbocycles. The van der Waals surface area contributed by atoms with Crippen molar-refractivity contribution in [3.8, 4) is 0 Å². The van der Waals surface area contributed by atoms with E-state index in [2.05, 4.69) is 40.4 Å². The highest BCUT2D eigenvalue weighted by Crippen LogP contribution is 2.16. The van der Waals surface area contributed by atoms with E-state index in [1.54, 1.807) is 0 Å². The fraction of sp³-hybridized carbons (Fsp3) is 0.562. The van der Waals surface area contributed by atoms with E-state index in [1.165, 1.54) is 0 Å². The minimum atomic E-state index is -0.144. The lowest BCUT2D eigenvalue weighted by Gasteiger charge is -2.15. The highest BCUT2D eigenvalue weighted by Gasteiger charge is 2.08. The summed E-state index contributed by atoms with van der Waals surface area (Å²) in [5.74, 6) is 0.549. The molecule has 0 spiro atoms. The van der Waals surface area contributed by atoms with Crippen LogP contribution in [0.1, 0.15) is 38.8 Å². The summed E-state index contributed by atoms with van der Waals surface area (Å²) < 4.78 is 6.49. The molecule has 0 aromatic heterocycles. The number of carbonyl (C=O) groups excluding carboxylic acids is 1. The van der Waals surface area contributed by atoms with Crippen molar-refractivity contribution in [3.63, 3.8) is 0 Å². The van der Waals surface area contributed by atoms with E-state index in [-0.39, 0.29) is 12.1 Å². The number of nitrogens with one attached hydrogen (secondary N) is 2. The van der Waals surface area contributed by atoms with Crippen LogP contribution in [0.15, 0.2) is 28.7 Å². The number of hydrogen-bond donors (Lipinski definition) is 2. The van der Waals surface area contributed by atoms with Gasteiger partial charge in [0.15, 0.2) is 0 Å². The van der Waals surface area contributed by atoms with E-state index in [4.69, 9.17) is 4.74 Å². The second-order valence-electron chi connectivity index (χ2n) is 5.50. The Morgan fingerprint density at radius 3 is 2.52 bits per heavy atom. The van der Waals surface area contributed by atoms with Crippen LogP contribution in [0, 0.1) is 5.92 Å². The van der Waals surface area contributed by atoms with Crippen LogP contribution in [0.2, 0.25) is 0 Å². The van der Waals surface area contributed by atoms with E-state index in [0.717, 1.165) is 23.1 Å². The van der Waals surface area contributed by atoms with E-state index in [1.807, 2.05) is 31.2 Å². The van der Waals surface area contributed by atoms with Crippen molar-refractivity contribution in [1.82, 2.24) is 10.6 Å². The van der Waals surface area contributed by atoms with Gasteiger partial charge in [-0.25, -0.2) is 4.79 Å². The topological polar surface area (TPSA) is 50.4 Å². The predicted molar refractivity (Wildman–Crippen MR) is 89.4 cm³/mol. The van der Waals surface area contributed by atoms with E-state index in [0.29, 0.717) is 19.1 Å². The number of halogens is 1. The fourth-order valence-corrected chi connectivity index (χ4v) is 2.04. The standard InChI is InChI=1S/C16H25BrN2O2/c1-12(2)11-21-10-4-9-18-16(20)19-13(3)14-5-7-15(17)8-6-14/h5-8,12-13H,4,9-11H2,1-3H3,(H2,18,19,20). The van der Waals surface area contributed by atoms with Crippen LogP contribution < -0.4 is 10.6 Å². The predicted octanol–water partition coefficient (Wildman–Crippen LogP) is 3.87. The molecule has 1 aromatic rings. The summed E-state index contributed by atoms with van der Waals surface area (Å²) >= 11 is 3.40. The van der Waals surface area contributed by atoms with E-state index < -0.39 is 0 Å². The summed E-state index contributed by atoms with van der Waals surface area (Å²) in [5.41, 5.74) is 1.08. The first-order chi connectivity index (χ1) is 9.99. The lowest BCUT2D eigenvalue weighted by Crippen LogP contribution is -2.37. The highest BCUT2D eigenvalue weighted by atomic mass is 79.9. The van der Waals surface area contributed by atoms with Crippen LogP contribution in [0.5, 0.6) is 0 Å². The fourth-order valence-electron chi connectivity index (χ4n) is 1.78. The molecule has 1 unspecified atom stereocenters. The van der Waals surface area contributed by atoms with Gasteiger partial charge < -0.3 is 15.4 Å². The van der Waals surface area contributed by atoms with Crippen LogP contribution in [0.4, 0.5) is 4.79 Å². The molecular formula is C16H25BrN2O2. The van der Waals surface area contributed by atoms with Crippen molar-refractivity contribution in [3.05, 3.63) is 34.3 Å². The molecule has 0 bridgehead atoms. The van der Waals surface area contributed by atoms with Crippen molar-refractivity contribution in [2.24, 2.45) is 5.92 Å². The Morgan fingerprint density at radius 1 is 1.24 bits per heavy atom.